The Labute approximate surface area is 175 Å². The summed E-state index contributed by atoms with van der Waals surface area (Å²) >= 11 is 0. The number of carboxylic acids is 2. The molecule has 9 heteroatoms. The van der Waals surface area contributed by atoms with Crippen molar-refractivity contribution >= 4 is 17.7 Å². The van der Waals surface area contributed by atoms with Gasteiger partial charge in [-0.1, -0.05) is 30.3 Å². The van der Waals surface area contributed by atoms with Crippen LogP contribution in [0, 0.1) is 0 Å². The number of aryl methyl sites for hydroxylation is 1. The monoisotopic (exact) mass is 423 g/mol. The van der Waals surface area contributed by atoms with E-state index in [2.05, 4.69) is 0 Å². The molecule has 1 fully saturated rings. The van der Waals surface area contributed by atoms with Gasteiger partial charge in [-0.3, -0.25) is 14.5 Å². The van der Waals surface area contributed by atoms with Gasteiger partial charge in [0.2, 0.25) is 0 Å². The lowest BCUT2D eigenvalue weighted by Crippen LogP contribution is -2.65. The Morgan fingerprint density at radius 2 is 1.83 bits per heavy atom. The van der Waals surface area contributed by atoms with Gasteiger partial charge in [0, 0.05) is 13.0 Å². The number of ketones is 1. The summed E-state index contributed by atoms with van der Waals surface area (Å²) in [6, 6.07) is 6.69. The number of rotatable bonds is 12. The highest BCUT2D eigenvalue weighted by Crippen LogP contribution is 2.35. The maximum Gasteiger partial charge on any atom is 0.332 e. The topological polar surface area (TPSA) is 147 Å². The summed E-state index contributed by atoms with van der Waals surface area (Å²) in [5.41, 5.74) is 10.1. The summed E-state index contributed by atoms with van der Waals surface area (Å²) < 4.78 is 14.0. The van der Waals surface area contributed by atoms with Crippen LogP contribution in [0.1, 0.15) is 37.7 Å². The maximum absolute atomic E-state index is 14.0. The van der Waals surface area contributed by atoms with Crippen LogP contribution in [0.15, 0.2) is 30.3 Å². The van der Waals surface area contributed by atoms with E-state index < -0.39 is 41.5 Å². The summed E-state index contributed by atoms with van der Waals surface area (Å²) in [5, 5.41) is 19.8. The number of aliphatic carboxylic acids is 2. The molecule has 166 valence electrons. The zero-order valence-corrected chi connectivity index (χ0v) is 16.9. The molecule has 8 nitrogen and oxygen atoms in total. The molecule has 0 spiro atoms. The van der Waals surface area contributed by atoms with Crippen LogP contribution in [0.25, 0.3) is 0 Å². The second kappa shape index (κ2) is 10.6. The molecule has 1 aliphatic heterocycles. The molecule has 1 saturated heterocycles. The van der Waals surface area contributed by atoms with Crippen LogP contribution in [0.4, 0.5) is 4.39 Å². The Hall–Kier alpha value is -2.36. The Kier molecular flexibility index (Phi) is 8.45. The summed E-state index contributed by atoms with van der Waals surface area (Å²) in [4.78, 5) is 38.6. The molecule has 6 N–H and O–H groups in total. The number of likely N-dealkylation sites (tertiary alicyclic amines) is 1. The van der Waals surface area contributed by atoms with Crippen LogP contribution < -0.4 is 11.5 Å². The van der Waals surface area contributed by atoms with Crippen LogP contribution in [-0.4, -0.2) is 69.7 Å². The Morgan fingerprint density at radius 1 is 1.17 bits per heavy atom. The lowest BCUT2D eigenvalue weighted by atomic mass is 9.83. The molecule has 1 aromatic carbocycles. The van der Waals surface area contributed by atoms with Crippen molar-refractivity contribution in [3.05, 3.63) is 35.9 Å². The Morgan fingerprint density at radius 3 is 2.40 bits per heavy atom. The number of alkyl halides is 1. The number of Topliss-reactive ketones (excluding diaryl/α,β-unsaturated/α-hetero) is 1. The minimum Gasteiger partial charge on any atom is -0.480 e. The first-order chi connectivity index (χ1) is 14.2. The number of benzene rings is 1. The van der Waals surface area contributed by atoms with Gasteiger partial charge >= 0.3 is 11.9 Å². The standard InChI is InChI=1S/C21H30FN3O5/c22-15(9-11-23)13-16(24)18(26)21(20(29)30)10-4-12-25(21)17(19(27)28)8-7-14-5-2-1-3-6-14/h1-3,5-6,15-17H,4,7-13,23-24H2,(H,27,28)(H,29,30)/t15?,16-,17?,21+/m0/s1. The summed E-state index contributed by atoms with van der Waals surface area (Å²) in [6.45, 7) is 0.219. The van der Waals surface area contributed by atoms with Crippen molar-refractivity contribution in [2.75, 3.05) is 13.1 Å². The lowest BCUT2D eigenvalue weighted by molar-refractivity contribution is -0.162. The normalized spacial score (nSPS) is 22.4. The van der Waals surface area contributed by atoms with Crippen LogP contribution >= 0.6 is 0 Å². The van der Waals surface area contributed by atoms with Gasteiger partial charge in [0.1, 0.15) is 12.2 Å². The van der Waals surface area contributed by atoms with Crippen molar-refractivity contribution in [2.45, 2.75) is 62.3 Å². The highest BCUT2D eigenvalue weighted by Gasteiger charge is 2.58. The van der Waals surface area contributed by atoms with E-state index >= 15 is 0 Å². The molecular weight excluding hydrogens is 393 g/mol. The molecule has 1 aliphatic rings. The predicted molar refractivity (Wildman–Crippen MR) is 109 cm³/mol. The van der Waals surface area contributed by atoms with Crippen LogP contribution in [-0.2, 0) is 20.8 Å². The Bertz CT molecular complexity index is 747. The van der Waals surface area contributed by atoms with Gasteiger partial charge in [0.15, 0.2) is 11.3 Å². The van der Waals surface area contributed by atoms with E-state index in [0.29, 0.717) is 12.8 Å². The van der Waals surface area contributed by atoms with Gasteiger partial charge in [-0.15, -0.1) is 0 Å². The molecule has 0 radical (unpaired) electrons. The van der Waals surface area contributed by atoms with E-state index in [0.717, 1.165) is 5.56 Å². The smallest absolute Gasteiger partial charge is 0.332 e. The van der Waals surface area contributed by atoms with Crippen molar-refractivity contribution in [3.8, 4) is 0 Å². The third kappa shape index (κ3) is 5.21. The van der Waals surface area contributed by atoms with E-state index in [1.807, 2.05) is 30.3 Å². The first-order valence-corrected chi connectivity index (χ1v) is 10.1. The number of nitrogens with zero attached hydrogens (tertiary/aromatic N) is 1. The number of nitrogens with two attached hydrogens (primary N) is 2. The fourth-order valence-electron chi connectivity index (χ4n) is 4.21. The molecule has 4 atom stereocenters. The highest BCUT2D eigenvalue weighted by atomic mass is 19.1. The average Bonchev–Trinajstić information content (AvgIpc) is 3.14. The Balaban J connectivity index is 2.27. The molecule has 2 unspecified atom stereocenters. The number of hydrogen-bond donors (Lipinski definition) is 4. The predicted octanol–water partition coefficient (Wildman–Crippen LogP) is 0.965. The third-order valence-electron chi connectivity index (χ3n) is 5.73. The number of halogens is 1. The minimum atomic E-state index is -2.07. The second-order valence-electron chi connectivity index (χ2n) is 7.72. The number of carboxylic acid groups (broad SMARTS) is 2. The minimum absolute atomic E-state index is 0.0135. The van der Waals surface area contributed by atoms with Crippen molar-refractivity contribution in [3.63, 3.8) is 0 Å². The summed E-state index contributed by atoms with van der Waals surface area (Å²) in [5.74, 6) is -3.50. The highest BCUT2D eigenvalue weighted by molar-refractivity contribution is 6.10. The van der Waals surface area contributed by atoms with Crippen molar-refractivity contribution in [1.29, 1.82) is 0 Å². The molecule has 0 bridgehead atoms. The molecular formula is C21H30FN3O5. The summed E-state index contributed by atoms with van der Waals surface area (Å²) in [7, 11) is 0. The second-order valence-corrected chi connectivity index (χ2v) is 7.72. The maximum atomic E-state index is 14.0. The first kappa shape index (κ1) is 23.9. The van der Waals surface area contributed by atoms with Crippen molar-refractivity contribution < 1.29 is 29.0 Å². The SMILES string of the molecule is NCCC(F)C[C@H](N)C(=O)[C@@]1(C(=O)O)CCCN1C(CCc1ccccc1)C(=O)O. The van der Waals surface area contributed by atoms with Gasteiger partial charge < -0.3 is 21.7 Å². The van der Waals surface area contributed by atoms with E-state index in [9.17, 15) is 29.0 Å². The number of hydrogen-bond acceptors (Lipinski definition) is 6. The molecule has 0 aliphatic carbocycles. The fraction of sp³-hybridized carbons (Fsp3) is 0.571. The molecule has 0 amide bonds. The summed E-state index contributed by atoms with van der Waals surface area (Å²) in [6.07, 6.45) is -0.939. The molecule has 0 aromatic heterocycles. The van der Waals surface area contributed by atoms with Gasteiger partial charge in [0.05, 0.1) is 6.04 Å². The zero-order valence-electron chi connectivity index (χ0n) is 16.9. The first-order valence-electron chi connectivity index (χ1n) is 10.1. The van der Waals surface area contributed by atoms with E-state index in [-0.39, 0.29) is 38.8 Å². The van der Waals surface area contributed by atoms with Crippen molar-refractivity contribution in [2.24, 2.45) is 11.5 Å². The molecule has 30 heavy (non-hydrogen) atoms. The molecule has 1 aromatic rings. The largest absolute Gasteiger partial charge is 0.480 e. The third-order valence-corrected chi connectivity index (χ3v) is 5.73. The van der Waals surface area contributed by atoms with E-state index in [1.54, 1.807) is 0 Å². The number of carbonyl (C=O) groups is 3. The average molecular weight is 423 g/mol. The van der Waals surface area contributed by atoms with Gasteiger partial charge in [-0.2, -0.15) is 0 Å². The van der Waals surface area contributed by atoms with Crippen molar-refractivity contribution in [1.82, 2.24) is 4.90 Å². The van der Waals surface area contributed by atoms with Gasteiger partial charge in [-0.25, -0.2) is 9.18 Å². The molecule has 1 heterocycles. The van der Waals surface area contributed by atoms with Crippen LogP contribution in [0.2, 0.25) is 0 Å². The van der Waals surface area contributed by atoms with Gasteiger partial charge in [-0.05, 0) is 44.2 Å². The van der Waals surface area contributed by atoms with E-state index in [1.165, 1.54) is 4.90 Å². The molecule has 0 saturated carbocycles. The molecule has 2 rings (SSSR count). The zero-order chi connectivity index (χ0) is 22.3. The van der Waals surface area contributed by atoms with Gasteiger partial charge in [0.25, 0.3) is 0 Å². The van der Waals surface area contributed by atoms with Crippen LogP contribution in [0.5, 0.6) is 0 Å². The fourth-order valence-corrected chi connectivity index (χ4v) is 4.21. The quantitative estimate of drug-likeness (QED) is 0.364. The lowest BCUT2D eigenvalue weighted by Gasteiger charge is -2.38. The number of carbonyl (C=O) groups excluding carboxylic acids is 1. The van der Waals surface area contributed by atoms with Crippen LogP contribution in [0.3, 0.4) is 0 Å². The van der Waals surface area contributed by atoms with E-state index in [4.69, 9.17) is 11.5 Å².